The fourth-order valence-corrected chi connectivity index (χ4v) is 2.13. The number of carbonyl (C=O) groups excluding carboxylic acids is 3. The predicted octanol–water partition coefficient (Wildman–Crippen LogP) is -0.728. The summed E-state index contributed by atoms with van der Waals surface area (Å²) >= 11 is 0. The molecule has 3 atom stereocenters. The summed E-state index contributed by atoms with van der Waals surface area (Å²) < 4.78 is 15.0. The van der Waals surface area contributed by atoms with E-state index in [2.05, 4.69) is 4.74 Å². The summed E-state index contributed by atoms with van der Waals surface area (Å²) in [6, 6.07) is -1.04. The van der Waals surface area contributed by atoms with Gasteiger partial charge in [0.1, 0.15) is 5.76 Å². The van der Waals surface area contributed by atoms with E-state index in [4.69, 9.17) is 14.6 Å². The number of hydrogen-bond acceptors (Lipinski definition) is 7. The molecule has 2 aliphatic rings. The summed E-state index contributed by atoms with van der Waals surface area (Å²) in [5, 5.41) is 8.90. The molecule has 1 amide bonds. The van der Waals surface area contributed by atoms with Gasteiger partial charge in [-0.1, -0.05) is 0 Å². The first kappa shape index (κ1) is 14.3. The van der Waals surface area contributed by atoms with E-state index in [0.717, 1.165) is 0 Å². The van der Waals surface area contributed by atoms with Crippen molar-refractivity contribution in [2.45, 2.75) is 38.8 Å². The zero-order chi connectivity index (χ0) is 14.9. The van der Waals surface area contributed by atoms with Gasteiger partial charge in [0.2, 0.25) is 12.2 Å². The van der Waals surface area contributed by atoms with Gasteiger partial charge in [0, 0.05) is 13.8 Å². The normalized spacial score (nSPS) is 27.4. The molecule has 0 bridgehead atoms. The Kier molecular flexibility index (Phi) is 3.93. The second-order valence-corrected chi connectivity index (χ2v) is 4.38. The van der Waals surface area contributed by atoms with E-state index in [-0.39, 0.29) is 24.7 Å². The van der Waals surface area contributed by atoms with Crippen molar-refractivity contribution < 1.29 is 33.7 Å². The second-order valence-electron chi connectivity index (χ2n) is 4.38. The summed E-state index contributed by atoms with van der Waals surface area (Å²) in [6.45, 7) is 2.25. The number of nitrogens with zero attached hydrogens (tertiary/aromatic N) is 1. The molecule has 2 aliphatic heterocycles. The number of hydrogen-bond donors (Lipinski definition) is 1. The third-order valence-electron chi connectivity index (χ3n) is 2.90. The number of ether oxygens (including phenoxy) is 3. The largest absolute Gasteiger partial charge is 0.472 e. The first-order valence-electron chi connectivity index (χ1n) is 6.10. The lowest BCUT2D eigenvalue weighted by molar-refractivity contribution is -0.188. The molecule has 8 heteroatoms. The van der Waals surface area contributed by atoms with Gasteiger partial charge in [0.15, 0.2) is 12.3 Å². The van der Waals surface area contributed by atoms with E-state index in [9.17, 15) is 14.4 Å². The zero-order valence-corrected chi connectivity index (χ0v) is 11.1. The second kappa shape index (κ2) is 5.49. The van der Waals surface area contributed by atoms with Crippen molar-refractivity contribution in [1.29, 1.82) is 0 Å². The van der Waals surface area contributed by atoms with Gasteiger partial charge < -0.3 is 19.3 Å². The van der Waals surface area contributed by atoms with Crippen LogP contribution < -0.4 is 0 Å². The monoisotopic (exact) mass is 285 g/mol. The molecule has 0 aromatic heterocycles. The summed E-state index contributed by atoms with van der Waals surface area (Å²) in [6.07, 6.45) is -0.0761. The van der Waals surface area contributed by atoms with Gasteiger partial charge >= 0.3 is 11.9 Å². The molecule has 0 aliphatic carbocycles. The lowest BCUT2D eigenvalue weighted by Gasteiger charge is -2.34. The van der Waals surface area contributed by atoms with Gasteiger partial charge in [-0.25, -0.2) is 4.79 Å². The van der Waals surface area contributed by atoms with Crippen molar-refractivity contribution in [3.63, 3.8) is 0 Å². The Hall–Kier alpha value is -2.09. The Morgan fingerprint density at radius 3 is 2.80 bits per heavy atom. The SMILES string of the molecule is CC(=O)OC(C)OC(=O)C1/C(=C/CO)OC2CC(=O)N21. The van der Waals surface area contributed by atoms with Gasteiger partial charge in [0.25, 0.3) is 0 Å². The predicted molar refractivity (Wildman–Crippen MR) is 62.6 cm³/mol. The first-order valence-corrected chi connectivity index (χ1v) is 6.10. The molecule has 8 nitrogen and oxygen atoms in total. The zero-order valence-electron chi connectivity index (χ0n) is 11.1. The number of aliphatic hydroxyl groups is 1. The van der Waals surface area contributed by atoms with Gasteiger partial charge in [-0.15, -0.1) is 0 Å². The Bertz CT molecular complexity index is 472. The topological polar surface area (TPSA) is 102 Å². The first-order chi connectivity index (χ1) is 9.43. The molecule has 0 saturated carbocycles. The molecule has 0 aromatic rings. The molecule has 0 radical (unpaired) electrons. The maximum Gasteiger partial charge on any atom is 0.340 e. The Morgan fingerprint density at radius 2 is 2.25 bits per heavy atom. The van der Waals surface area contributed by atoms with Crippen LogP contribution in [-0.2, 0) is 28.6 Å². The lowest BCUT2D eigenvalue weighted by Crippen LogP contribution is -2.55. The third kappa shape index (κ3) is 2.60. The number of β-lactam (4-membered cyclic amide) rings is 1. The maximum atomic E-state index is 12.0. The number of aliphatic hydroxyl groups excluding tert-OH is 1. The van der Waals surface area contributed by atoms with Crippen LogP contribution in [0.2, 0.25) is 0 Å². The Labute approximate surface area is 114 Å². The number of esters is 2. The highest BCUT2D eigenvalue weighted by Crippen LogP contribution is 2.36. The summed E-state index contributed by atoms with van der Waals surface area (Å²) in [5.74, 6) is -1.42. The van der Waals surface area contributed by atoms with Crippen molar-refractivity contribution >= 4 is 17.8 Å². The van der Waals surface area contributed by atoms with E-state index < -0.39 is 30.5 Å². The minimum Gasteiger partial charge on any atom is -0.472 e. The fraction of sp³-hybridized carbons (Fsp3) is 0.583. The minimum atomic E-state index is -1.06. The quantitative estimate of drug-likeness (QED) is 0.413. The van der Waals surface area contributed by atoms with Crippen LogP contribution in [0.25, 0.3) is 0 Å². The van der Waals surface area contributed by atoms with E-state index in [0.29, 0.717) is 0 Å². The van der Waals surface area contributed by atoms with Crippen molar-refractivity contribution in [1.82, 2.24) is 4.90 Å². The number of carbonyl (C=O) groups is 3. The molecule has 2 saturated heterocycles. The molecule has 2 heterocycles. The average molecular weight is 285 g/mol. The van der Waals surface area contributed by atoms with Crippen molar-refractivity contribution in [3.05, 3.63) is 11.8 Å². The highest BCUT2D eigenvalue weighted by molar-refractivity contribution is 5.91. The summed E-state index contributed by atoms with van der Waals surface area (Å²) in [5.41, 5.74) is 0. The molecular weight excluding hydrogens is 270 g/mol. The van der Waals surface area contributed by atoms with Gasteiger partial charge in [0.05, 0.1) is 13.0 Å². The van der Waals surface area contributed by atoms with Gasteiger partial charge in [-0.05, 0) is 6.08 Å². The average Bonchev–Trinajstić information content (AvgIpc) is 2.61. The minimum absolute atomic E-state index is 0.170. The van der Waals surface area contributed by atoms with Crippen LogP contribution >= 0.6 is 0 Å². The van der Waals surface area contributed by atoms with Crippen LogP contribution in [0.3, 0.4) is 0 Å². The van der Waals surface area contributed by atoms with E-state index in [1.807, 2.05) is 0 Å². The maximum absolute atomic E-state index is 12.0. The number of fused-ring (bicyclic) bond motifs is 1. The van der Waals surface area contributed by atoms with Gasteiger partial charge in [-0.3, -0.25) is 14.5 Å². The standard InChI is InChI=1S/C12H15NO7/c1-6(15)18-7(2)19-12(17)11-8(3-4-14)20-10-5-9(16)13(10)11/h3,7,10-11,14H,4-5H2,1-2H3/b8-3-. The Balaban J connectivity index is 2.07. The molecule has 20 heavy (non-hydrogen) atoms. The Morgan fingerprint density at radius 1 is 1.55 bits per heavy atom. The van der Waals surface area contributed by atoms with Crippen LogP contribution in [0.5, 0.6) is 0 Å². The molecule has 1 N–H and O–H groups in total. The van der Waals surface area contributed by atoms with Gasteiger partial charge in [-0.2, -0.15) is 0 Å². The summed E-state index contributed by atoms with van der Waals surface area (Å²) in [4.78, 5) is 35.5. The van der Waals surface area contributed by atoms with Crippen LogP contribution in [0.15, 0.2) is 11.8 Å². The molecule has 2 fully saturated rings. The van der Waals surface area contributed by atoms with Crippen LogP contribution in [0.4, 0.5) is 0 Å². The van der Waals surface area contributed by atoms with E-state index >= 15 is 0 Å². The van der Waals surface area contributed by atoms with Crippen LogP contribution in [0, 0.1) is 0 Å². The summed E-state index contributed by atoms with van der Waals surface area (Å²) in [7, 11) is 0. The molecule has 0 aromatic carbocycles. The van der Waals surface area contributed by atoms with Crippen LogP contribution in [-0.4, -0.2) is 53.0 Å². The number of rotatable bonds is 4. The smallest absolute Gasteiger partial charge is 0.340 e. The molecule has 110 valence electrons. The number of amides is 1. The lowest BCUT2D eigenvalue weighted by atomic mass is 10.1. The van der Waals surface area contributed by atoms with Crippen LogP contribution in [0.1, 0.15) is 20.3 Å². The molecule has 3 unspecified atom stereocenters. The van der Waals surface area contributed by atoms with E-state index in [1.54, 1.807) is 0 Å². The van der Waals surface area contributed by atoms with Crippen molar-refractivity contribution in [2.75, 3.05) is 6.61 Å². The third-order valence-corrected chi connectivity index (χ3v) is 2.90. The highest BCUT2D eigenvalue weighted by Gasteiger charge is 2.54. The highest BCUT2D eigenvalue weighted by atomic mass is 16.7. The molecule has 2 rings (SSSR count). The van der Waals surface area contributed by atoms with Crippen molar-refractivity contribution in [3.8, 4) is 0 Å². The fourth-order valence-electron chi connectivity index (χ4n) is 2.13. The van der Waals surface area contributed by atoms with Crippen molar-refractivity contribution in [2.24, 2.45) is 0 Å². The van der Waals surface area contributed by atoms with E-state index in [1.165, 1.54) is 24.8 Å². The molecule has 0 spiro atoms. The molecular formula is C12H15NO7.